The third kappa shape index (κ3) is 3.05. The molecule has 0 radical (unpaired) electrons. The van der Waals surface area contributed by atoms with Crippen molar-refractivity contribution in [2.45, 2.75) is 20.4 Å². The molecule has 0 aliphatic heterocycles. The molecule has 0 aliphatic rings. The minimum atomic E-state index is -0.294. The van der Waals surface area contributed by atoms with E-state index in [0.717, 1.165) is 16.8 Å². The van der Waals surface area contributed by atoms with E-state index in [2.05, 4.69) is 15.3 Å². The first-order chi connectivity index (χ1) is 12.5. The minimum absolute atomic E-state index is 0.195. The third-order valence-corrected chi connectivity index (χ3v) is 4.16. The first-order valence-electron chi connectivity index (χ1n) is 8.01. The van der Waals surface area contributed by atoms with Crippen LogP contribution in [0.5, 0.6) is 17.2 Å². The Hall–Kier alpha value is -3.16. The van der Waals surface area contributed by atoms with Crippen molar-refractivity contribution in [1.29, 1.82) is 0 Å². The van der Waals surface area contributed by atoms with Gasteiger partial charge in [0.05, 0.1) is 39.1 Å². The van der Waals surface area contributed by atoms with Gasteiger partial charge in [0.25, 0.3) is 5.91 Å². The summed E-state index contributed by atoms with van der Waals surface area (Å²) >= 11 is 0. The van der Waals surface area contributed by atoms with Gasteiger partial charge in [-0.15, -0.1) is 0 Å². The molecule has 2 aromatic heterocycles. The van der Waals surface area contributed by atoms with Gasteiger partial charge >= 0.3 is 0 Å². The van der Waals surface area contributed by atoms with Crippen LogP contribution in [-0.2, 0) is 6.54 Å². The molecule has 0 saturated heterocycles. The van der Waals surface area contributed by atoms with Crippen LogP contribution in [0.15, 0.2) is 16.5 Å². The van der Waals surface area contributed by atoms with Gasteiger partial charge in [0.2, 0.25) is 5.89 Å². The number of aromatic nitrogens is 2. The Kier molecular flexibility index (Phi) is 4.75. The first kappa shape index (κ1) is 17.7. The van der Waals surface area contributed by atoms with E-state index in [1.807, 2.05) is 13.8 Å². The van der Waals surface area contributed by atoms with Crippen LogP contribution in [0.2, 0.25) is 0 Å². The van der Waals surface area contributed by atoms with Crippen molar-refractivity contribution < 1.29 is 23.4 Å². The fourth-order valence-corrected chi connectivity index (χ4v) is 2.72. The van der Waals surface area contributed by atoms with E-state index in [1.165, 1.54) is 7.11 Å². The van der Waals surface area contributed by atoms with E-state index >= 15 is 0 Å². The molecule has 3 rings (SSSR count). The highest BCUT2D eigenvalue weighted by atomic mass is 16.5. The van der Waals surface area contributed by atoms with Crippen LogP contribution < -0.4 is 19.5 Å². The van der Waals surface area contributed by atoms with E-state index in [0.29, 0.717) is 34.3 Å². The molecular weight excluding hydrogens is 338 g/mol. The summed E-state index contributed by atoms with van der Waals surface area (Å²) in [4.78, 5) is 19.8. The number of carbonyl (C=O) groups is 1. The average Bonchev–Trinajstić information content (AvgIpc) is 3.22. The molecule has 3 aromatic rings. The third-order valence-electron chi connectivity index (χ3n) is 4.16. The van der Waals surface area contributed by atoms with Crippen LogP contribution in [0.1, 0.15) is 27.8 Å². The largest absolute Gasteiger partial charge is 0.496 e. The highest BCUT2D eigenvalue weighted by Crippen LogP contribution is 2.41. The van der Waals surface area contributed by atoms with E-state index < -0.39 is 0 Å². The number of benzene rings is 1. The number of hydrogen-bond acceptors (Lipinski definition) is 6. The van der Waals surface area contributed by atoms with E-state index in [-0.39, 0.29) is 12.5 Å². The van der Waals surface area contributed by atoms with Crippen molar-refractivity contribution in [2.24, 2.45) is 0 Å². The monoisotopic (exact) mass is 359 g/mol. The predicted molar refractivity (Wildman–Crippen MR) is 95.1 cm³/mol. The van der Waals surface area contributed by atoms with Gasteiger partial charge in [-0.05, 0) is 19.9 Å². The molecule has 0 saturated carbocycles. The topological polar surface area (TPSA) is 98.6 Å². The van der Waals surface area contributed by atoms with Gasteiger partial charge < -0.3 is 28.9 Å². The standard InChI is InChI=1S/C18H21N3O5/c1-9-10(2)26-15(20-9)8-19-18(22)12-6-11-13(23-3)7-14(24-4)17(25-5)16(11)21-12/h6-7,21H,8H2,1-5H3,(H,19,22). The predicted octanol–water partition coefficient (Wildman–Crippen LogP) is 2.73. The molecule has 8 nitrogen and oxygen atoms in total. The molecule has 2 N–H and O–H groups in total. The number of amides is 1. The van der Waals surface area contributed by atoms with Gasteiger partial charge in [-0.2, -0.15) is 0 Å². The lowest BCUT2D eigenvalue weighted by Gasteiger charge is -2.11. The van der Waals surface area contributed by atoms with Crippen LogP contribution in [0.25, 0.3) is 10.9 Å². The van der Waals surface area contributed by atoms with Gasteiger partial charge in [0.1, 0.15) is 17.2 Å². The Morgan fingerprint density at radius 3 is 2.46 bits per heavy atom. The maximum atomic E-state index is 12.5. The highest BCUT2D eigenvalue weighted by molar-refractivity contribution is 6.02. The number of rotatable bonds is 6. The van der Waals surface area contributed by atoms with Gasteiger partial charge in [0, 0.05) is 11.5 Å². The fraction of sp³-hybridized carbons (Fsp3) is 0.333. The molecule has 138 valence electrons. The number of nitrogens with zero attached hydrogens (tertiary/aromatic N) is 1. The number of aromatic amines is 1. The number of aryl methyl sites for hydroxylation is 2. The summed E-state index contributed by atoms with van der Waals surface area (Å²) < 4.78 is 21.6. The number of nitrogens with one attached hydrogen (secondary N) is 2. The summed E-state index contributed by atoms with van der Waals surface area (Å²) in [5, 5.41) is 3.50. The molecule has 26 heavy (non-hydrogen) atoms. The number of hydrogen-bond donors (Lipinski definition) is 2. The molecule has 8 heteroatoms. The van der Waals surface area contributed by atoms with Crippen LogP contribution in [0.3, 0.4) is 0 Å². The fourth-order valence-electron chi connectivity index (χ4n) is 2.72. The zero-order valence-corrected chi connectivity index (χ0v) is 15.4. The van der Waals surface area contributed by atoms with Gasteiger partial charge in [-0.1, -0.05) is 0 Å². The summed E-state index contributed by atoms with van der Waals surface area (Å²) in [5.41, 5.74) is 1.79. The zero-order valence-electron chi connectivity index (χ0n) is 15.4. The normalized spacial score (nSPS) is 10.8. The summed E-state index contributed by atoms with van der Waals surface area (Å²) in [6, 6.07) is 3.42. The second kappa shape index (κ2) is 6.99. The lowest BCUT2D eigenvalue weighted by atomic mass is 10.2. The van der Waals surface area contributed by atoms with Crippen LogP contribution >= 0.6 is 0 Å². The summed E-state index contributed by atoms with van der Waals surface area (Å²) in [7, 11) is 4.64. The van der Waals surface area contributed by atoms with Gasteiger partial charge in [-0.25, -0.2) is 4.98 Å². The summed E-state index contributed by atoms with van der Waals surface area (Å²) in [5.74, 6) is 2.49. The molecule has 0 spiro atoms. The molecule has 1 amide bonds. The Morgan fingerprint density at radius 1 is 1.15 bits per heavy atom. The number of carbonyl (C=O) groups excluding carboxylic acids is 1. The number of oxazole rings is 1. The van der Waals surface area contributed by atoms with Gasteiger partial charge in [0.15, 0.2) is 11.5 Å². The lowest BCUT2D eigenvalue weighted by Crippen LogP contribution is -2.23. The number of methoxy groups -OCH3 is 3. The summed E-state index contributed by atoms with van der Waals surface area (Å²) in [6.07, 6.45) is 0. The second-order valence-corrected chi connectivity index (χ2v) is 5.72. The maximum absolute atomic E-state index is 12.5. The van der Waals surface area contributed by atoms with E-state index in [1.54, 1.807) is 26.4 Å². The molecule has 0 fully saturated rings. The molecule has 0 bridgehead atoms. The Bertz CT molecular complexity index is 938. The second-order valence-electron chi connectivity index (χ2n) is 5.72. The zero-order chi connectivity index (χ0) is 18.8. The van der Waals surface area contributed by atoms with Gasteiger partial charge in [-0.3, -0.25) is 4.79 Å². The highest BCUT2D eigenvalue weighted by Gasteiger charge is 2.19. The van der Waals surface area contributed by atoms with Crippen LogP contribution in [0.4, 0.5) is 0 Å². The summed E-state index contributed by atoms with van der Waals surface area (Å²) in [6.45, 7) is 3.88. The number of ether oxygens (including phenoxy) is 3. The Labute approximate surface area is 150 Å². The average molecular weight is 359 g/mol. The molecular formula is C18H21N3O5. The van der Waals surface area contributed by atoms with Crippen LogP contribution in [-0.4, -0.2) is 37.2 Å². The SMILES string of the molecule is COc1cc(OC)c2cc(C(=O)NCc3nc(C)c(C)o3)[nH]c2c1OC. The van der Waals surface area contributed by atoms with Crippen molar-refractivity contribution in [3.63, 3.8) is 0 Å². The first-order valence-corrected chi connectivity index (χ1v) is 8.01. The molecule has 0 aliphatic carbocycles. The molecule has 0 atom stereocenters. The maximum Gasteiger partial charge on any atom is 0.268 e. The Morgan fingerprint density at radius 2 is 1.88 bits per heavy atom. The van der Waals surface area contributed by atoms with Crippen molar-refractivity contribution in [3.8, 4) is 17.2 Å². The van der Waals surface area contributed by atoms with E-state index in [9.17, 15) is 4.79 Å². The lowest BCUT2D eigenvalue weighted by molar-refractivity contribution is 0.0943. The van der Waals surface area contributed by atoms with Crippen molar-refractivity contribution >= 4 is 16.8 Å². The van der Waals surface area contributed by atoms with Crippen LogP contribution in [0, 0.1) is 13.8 Å². The molecule has 2 heterocycles. The smallest absolute Gasteiger partial charge is 0.268 e. The molecule has 0 unspecified atom stereocenters. The van der Waals surface area contributed by atoms with E-state index in [4.69, 9.17) is 18.6 Å². The Balaban J connectivity index is 1.91. The number of H-pyrrole nitrogens is 1. The number of fused-ring (bicyclic) bond motifs is 1. The molecule has 1 aromatic carbocycles. The quantitative estimate of drug-likeness (QED) is 0.702. The van der Waals surface area contributed by atoms with Crippen molar-refractivity contribution in [3.05, 3.63) is 35.2 Å². The van der Waals surface area contributed by atoms with Crippen molar-refractivity contribution in [2.75, 3.05) is 21.3 Å². The van der Waals surface area contributed by atoms with Crippen molar-refractivity contribution in [1.82, 2.24) is 15.3 Å². The minimum Gasteiger partial charge on any atom is -0.496 e.